The minimum atomic E-state index is -0.958. The van der Waals surface area contributed by atoms with Gasteiger partial charge < -0.3 is 14.7 Å². The van der Waals surface area contributed by atoms with Crippen molar-refractivity contribution in [2.24, 2.45) is 5.92 Å². The molecule has 1 N–H and O–H groups in total. The van der Waals surface area contributed by atoms with Gasteiger partial charge in [-0.1, -0.05) is 48.7 Å². The Bertz CT molecular complexity index is 1610. The Hall–Kier alpha value is -3.98. The largest absolute Gasteiger partial charge is 0.490 e. The van der Waals surface area contributed by atoms with Crippen LogP contribution in [0.15, 0.2) is 60.9 Å². The second-order valence-electron chi connectivity index (χ2n) is 13.1. The van der Waals surface area contributed by atoms with Crippen LogP contribution >= 0.6 is 0 Å². The molecule has 9 heteroatoms. The molecule has 44 heavy (non-hydrogen) atoms. The number of hydrogen-bond acceptors (Lipinski definition) is 6. The molecule has 2 aromatic heterocycles. The lowest BCUT2D eigenvalue weighted by Gasteiger charge is -2.28. The Morgan fingerprint density at radius 2 is 1.73 bits per heavy atom. The Morgan fingerprint density at radius 1 is 0.977 bits per heavy atom. The molecule has 0 amide bonds. The molecule has 0 spiro atoms. The monoisotopic (exact) mass is 594 g/mol. The summed E-state index contributed by atoms with van der Waals surface area (Å²) in [5, 5.41) is 23.7. The first-order valence-corrected chi connectivity index (χ1v) is 16.2. The molecule has 2 unspecified atom stereocenters. The standard InChI is InChI=1S/C35H42N6O3/c1-23(24-8-4-3-5-9-24)44-29-13-7-11-26(19-29)25-10-6-12-28(18-25)41-34(32(21-36-41)35(42)43)31-20-30(31)33-22-40(38-37-33)27-14-16-39(2)17-15-27/h6-7,10-13,18-19,21-24,27,30-31H,3-5,8-9,14-17,20H2,1-2H3,(H,42,43)/t23-,30?,31?/m0/s1. The van der Waals surface area contributed by atoms with Crippen molar-refractivity contribution >= 4 is 5.97 Å². The third-order valence-corrected chi connectivity index (χ3v) is 10.0. The number of benzene rings is 2. The summed E-state index contributed by atoms with van der Waals surface area (Å²) in [6.07, 6.45) is 13.1. The molecule has 3 heterocycles. The van der Waals surface area contributed by atoms with Crippen molar-refractivity contribution in [2.45, 2.75) is 82.3 Å². The molecule has 2 aromatic carbocycles. The van der Waals surface area contributed by atoms with Gasteiger partial charge in [0, 0.05) is 18.0 Å². The number of piperidine rings is 1. The van der Waals surface area contributed by atoms with Gasteiger partial charge in [-0.25, -0.2) is 14.2 Å². The maximum absolute atomic E-state index is 12.3. The number of likely N-dealkylation sites (tertiary alicyclic amines) is 1. The SMILES string of the molecule is C[C@H](Oc1cccc(-c2cccc(-n3ncc(C(=O)O)c3C3CC3c3cn(C4CCN(C)CC4)nn3)c2)c1)C1CCCCC1. The van der Waals surface area contributed by atoms with E-state index in [0.717, 1.165) is 66.3 Å². The van der Waals surface area contributed by atoms with Crippen LogP contribution < -0.4 is 4.74 Å². The van der Waals surface area contributed by atoms with Gasteiger partial charge in [0.1, 0.15) is 11.3 Å². The van der Waals surface area contributed by atoms with Gasteiger partial charge in [-0.15, -0.1) is 5.10 Å². The zero-order valence-electron chi connectivity index (χ0n) is 25.7. The molecular weight excluding hydrogens is 552 g/mol. The molecule has 3 fully saturated rings. The fraction of sp³-hybridized carbons (Fsp3) is 0.486. The number of carboxylic acids is 1. The molecule has 3 aliphatic rings. The average Bonchev–Trinajstić information content (AvgIpc) is 3.45. The fourth-order valence-corrected chi connectivity index (χ4v) is 7.29. The number of ether oxygens (including phenoxy) is 1. The van der Waals surface area contributed by atoms with Crippen LogP contribution in [0.3, 0.4) is 0 Å². The lowest BCUT2D eigenvalue weighted by atomic mass is 9.86. The molecule has 9 nitrogen and oxygen atoms in total. The van der Waals surface area contributed by atoms with E-state index in [-0.39, 0.29) is 23.5 Å². The highest BCUT2D eigenvalue weighted by molar-refractivity contribution is 5.89. The Balaban J connectivity index is 1.12. The first-order chi connectivity index (χ1) is 21.4. The average molecular weight is 595 g/mol. The van der Waals surface area contributed by atoms with Crippen LogP contribution in [0.2, 0.25) is 0 Å². The molecule has 7 rings (SSSR count). The highest BCUT2D eigenvalue weighted by atomic mass is 16.5. The zero-order valence-corrected chi connectivity index (χ0v) is 25.7. The van der Waals surface area contributed by atoms with E-state index in [1.54, 1.807) is 0 Å². The molecule has 2 aliphatic carbocycles. The molecule has 230 valence electrons. The summed E-state index contributed by atoms with van der Waals surface area (Å²) in [7, 11) is 2.15. The van der Waals surface area contributed by atoms with Gasteiger partial charge in [0.25, 0.3) is 0 Å². The van der Waals surface area contributed by atoms with Crippen LogP contribution in [-0.4, -0.2) is 67.0 Å². The molecule has 0 radical (unpaired) electrons. The summed E-state index contributed by atoms with van der Waals surface area (Å²) >= 11 is 0. The maximum atomic E-state index is 12.3. The van der Waals surface area contributed by atoms with E-state index in [0.29, 0.717) is 12.0 Å². The van der Waals surface area contributed by atoms with Crippen molar-refractivity contribution in [3.63, 3.8) is 0 Å². The Kier molecular flexibility index (Phi) is 7.97. The van der Waals surface area contributed by atoms with Crippen LogP contribution in [0.5, 0.6) is 5.75 Å². The second-order valence-corrected chi connectivity index (χ2v) is 13.1. The van der Waals surface area contributed by atoms with Gasteiger partial charge in [-0.2, -0.15) is 5.10 Å². The van der Waals surface area contributed by atoms with Crippen molar-refractivity contribution in [2.75, 3.05) is 20.1 Å². The second kappa shape index (κ2) is 12.2. The molecule has 2 saturated carbocycles. The number of nitrogens with zero attached hydrogens (tertiary/aromatic N) is 6. The van der Waals surface area contributed by atoms with Crippen molar-refractivity contribution < 1.29 is 14.6 Å². The fourth-order valence-electron chi connectivity index (χ4n) is 7.29. The van der Waals surface area contributed by atoms with E-state index in [4.69, 9.17) is 4.74 Å². The van der Waals surface area contributed by atoms with Crippen molar-refractivity contribution in [3.8, 4) is 22.6 Å². The lowest BCUT2D eigenvalue weighted by Crippen LogP contribution is -2.31. The number of carboxylic acid groups (broad SMARTS) is 1. The van der Waals surface area contributed by atoms with E-state index in [9.17, 15) is 9.90 Å². The first kappa shape index (κ1) is 28.8. The predicted molar refractivity (Wildman–Crippen MR) is 169 cm³/mol. The number of aromatic nitrogens is 5. The van der Waals surface area contributed by atoms with Crippen LogP contribution in [0.25, 0.3) is 16.8 Å². The van der Waals surface area contributed by atoms with E-state index < -0.39 is 5.97 Å². The van der Waals surface area contributed by atoms with Crippen molar-refractivity contribution in [3.05, 3.63) is 77.9 Å². The van der Waals surface area contributed by atoms with Gasteiger partial charge in [-0.05, 0) is 100 Å². The lowest BCUT2D eigenvalue weighted by molar-refractivity contribution is 0.0695. The van der Waals surface area contributed by atoms with Crippen LogP contribution in [-0.2, 0) is 0 Å². The summed E-state index contributed by atoms with van der Waals surface area (Å²) < 4.78 is 10.2. The molecule has 1 aliphatic heterocycles. The predicted octanol–water partition coefficient (Wildman–Crippen LogP) is 6.71. The third kappa shape index (κ3) is 5.89. The summed E-state index contributed by atoms with van der Waals surface area (Å²) in [4.78, 5) is 14.6. The van der Waals surface area contributed by atoms with Gasteiger partial charge >= 0.3 is 5.97 Å². The highest BCUT2D eigenvalue weighted by Gasteiger charge is 2.46. The van der Waals surface area contributed by atoms with Crippen LogP contribution in [0, 0.1) is 5.92 Å². The minimum Gasteiger partial charge on any atom is -0.490 e. The molecule has 0 bridgehead atoms. The maximum Gasteiger partial charge on any atom is 0.339 e. The first-order valence-electron chi connectivity index (χ1n) is 16.2. The third-order valence-electron chi connectivity index (χ3n) is 10.0. The Labute approximate surface area is 258 Å². The van der Waals surface area contributed by atoms with E-state index in [2.05, 4.69) is 64.7 Å². The normalized spacial score (nSPS) is 22.1. The van der Waals surface area contributed by atoms with Gasteiger partial charge in [0.2, 0.25) is 0 Å². The van der Waals surface area contributed by atoms with Gasteiger partial charge in [0.05, 0.1) is 35.4 Å². The van der Waals surface area contributed by atoms with E-state index in [1.807, 2.05) is 33.6 Å². The number of rotatable bonds is 9. The van der Waals surface area contributed by atoms with Gasteiger partial charge in [-0.3, -0.25) is 0 Å². The Morgan fingerprint density at radius 3 is 2.50 bits per heavy atom. The number of carbonyl (C=O) groups is 1. The number of hydrogen-bond donors (Lipinski definition) is 1. The molecule has 3 atom stereocenters. The highest BCUT2D eigenvalue weighted by Crippen LogP contribution is 2.55. The molecule has 4 aromatic rings. The summed E-state index contributed by atoms with van der Waals surface area (Å²) in [5.41, 5.74) is 4.84. The summed E-state index contributed by atoms with van der Waals surface area (Å²) in [6.45, 7) is 4.31. The smallest absolute Gasteiger partial charge is 0.339 e. The number of aromatic carboxylic acids is 1. The summed E-state index contributed by atoms with van der Waals surface area (Å²) in [6, 6.07) is 16.8. The van der Waals surface area contributed by atoms with Crippen LogP contribution in [0.1, 0.15) is 97.9 Å². The van der Waals surface area contributed by atoms with E-state index >= 15 is 0 Å². The van der Waals surface area contributed by atoms with E-state index in [1.165, 1.54) is 38.3 Å². The van der Waals surface area contributed by atoms with Crippen molar-refractivity contribution in [1.82, 2.24) is 29.7 Å². The molecular formula is C35H42N6O3. The van der Waals surface area contributed by atoms with Crippen molar-refractivity contribution in [1.29, 1.82) is 0 Å². The zero-order chi connectivity index (χ0) is 30.2. The topological polar surface area (TPSA) is 98.3 Å². The summed E-state index contributed by atoms with van der Waals surface area (Å²) in [5.74, 6) is 0.690. The van der Waals surface area contributed by atoms with Gasteiger partial charge in [0.15, 0.2) is 0 Å². The van der Waals surface area contributed by atoms with Crippen LogP contribution in [0.4, 0.5) is 0 Å². The molecule has 1 saturated heterocycles. The minimum absolute atomic E-state index is 0.0212. The quantitative estimate of drug-likeness (QED) is 0.230.